The molecule has 0 aliphatic rings. The van der Waals surface area contributed by atoms with Crippen LogP contribution in [0.2, 0.25) is 0 Å². The van der Waals surface area contributed by atoms with Crippen molar-refractivity contribution in [2.24, 2.45) is 0 Å². The molecule has 6 nitrogen and oxygen atoms in total. The molecule has 0 amide bonds. The predicted molar refractivity (Wildman–Crippen MR) is 58.4 cm³/mol. The van der Waals surface area contributed by atoms with Crippen molar-refractivity contribution in [1.82, 2.24) is 15.0 Å². The number of aromatic nitrogens is 3. The van der Waals surface area contributed by atoms with Gasteiger partial charge in [-0.2, -0.15) is 0 Å². The Hall–Kier alpha value is -2.02. The van der Waals surface area contributed by atoms with Gasteiger partial charge in [-0.1, -0.05) is 0 Å². The summed E-state index contributed by atoms with van der Waals surface area (Å²) in [6.45, 7) is 0.441. The van der Waals surface area contributed by atoms with Crippen molar-refractivity contribution < 1.29 is 9.90 Å². The highest BCUT2D eigenvalue weighted by molar-refractivity contribution is 7.09. The summed E-state index contributed by atoms with van der Waals surface area (Å²) in [7, 11) is 0. The first-order valence-electron chi connectivity index (χ1n) is 4.43. The third-order valence-corrected chi connectivity index (χ3v) is 2.60. The fraction of sp³-hybridized carbons (Fsp3) is 0.111. The third-order valence-electron chi connectivity index (χ3n) is 1.75. The molecule has 0 unspecified atom stereocenters. The van der Waals surface area contributed by atoms with Crippen molar-refractivity contribution in [2.75, 3.05) is 5.32 Å². The fourth-order valence-electron chi connectivity index (χ4n) is 1.05. The van der Waals surface area contributed by atoms with E-state index in [1.165, 1.54) is 16.7 Å². The third kappa shape index (κ3) is 2.51. The second-order valence-electron chi connectivity index (χ2n) is 2.88. The van der Waals surface area contributed by atoms with Crippen LogP contribution in [0.15, 0.2) is 24.0 Å². The molecular formula is C9H8N4O2S. The molecule has 2 heterocycles. The Balaban J connectivity index is 1.97. The first-order valence-corrected chi connectivity index (χ1v) is 5.31. The van der Waals surface area contributed by atoms with E-state index in [1.807, 2.05) is 0 Å². The summed E-state index contributed by atoms with van der Waals surface area (Å²) in [6, 6.07) is 0. The van der Waals surface area contributed by atoms with Crippen molar-refractivity contribution in [3.8, 4) is 0 Å². The molecule has 0 fully saturated rings. The summed E-state index contributed by atoms with van der Waals surface area (Å²) in [6.07, 6.45) is 4.75. The van der Waals surface area contributed by atoms with Crippen LogP contribution in [0, 0.1) is 0 Å². The Morgan fingerprint density at radius 2 is 2.38 bits per heavy atom. The first-order chi connectivity index (χ1) is 7.75. The molecule has 82 valence electrons. The summed E-state index contributed by atoms with van der Waals surface area (Å²) in [5.74, 6) is -0.378. The molecule has 0 saturated carbocycles. The van der Waals surface area contributed by atoms with Crippen LogP contribution in [0.25, 0.3) is 0 Å². The lowest BCUT2D eigenvalue weighted by molar-refractivity contribution is 0.0691. The lowest BCUT2D eigenvalue weighted by Crippen LogP contribution is -2.02. The van der Waals surface area contributed by atoms with Gasteiger partial charge in [-0.05, 0) is 0 Å². The van der Waals surface area contributed by atoms with Crippen molar-refractivity contribution in [2.45, 2.75) is 6.54 Å². The Kier molecular flexibility index (Phi) is 3.06. The Morgan fingerprint density at radius 3 is 3.00 bits per heavy atom. The minimum atomic E-state index is -1.01. The molecule has 0 aliphatic carbocycles. The monoisotopic (exact) mass is 236 g/mol. The van der Waals surface area contributed by atoms with Crippen LogP contribution in [0.3, 0.4) is 0 Å². The summed E-state index contributed by atoms with van der Waals surface area (Å²) in [4.78, 5) is 22.4. The maximum absolute atomic E-state index is 10.6. The Labute approximate surface area is 95.0 Å². The van der Waals surface area contributed by atoms with Gasteiger partial charge in [0.05, 0.1) is 12.7 Å². The van der Waals surface area contributed by atoms with Crippen LogP contribution in [0.1, 0.15) is 15.5 Å². The van der Waals surface area contributed by atoms with Crippen molar-refractivity contribution in [3.63, 3.8) is 0 Å². The fourth-order valence-corrected chi connectivity index (χ4v) is 1.75. The van der Waals surface area contributed by atoms with E-state index in [-0.39, 0.29) is 5.69 Å². The molecule has 0 atom stereocenters. The van der Waals surface area contributed by atoms with Crippen LogP contribution < -0.4 is 5.32 Å². The van der Waals surface area contributed by atoms with Crippen LogP contribution in [0.4, 0.5) is 5.82 Å². The number of aromatic carboxylic acids is 1. The number of carbonyl (C=O) groups is 1. The number of carboxylic acid groups (broad SMARTS) is 1. The molecule has 0 saturated heterocycles. The zero-order chi connectivity index (χ0) is 11.4. The number of thiazole rings is 1. The smallest absolute Gasteiger partial charge is 0.355 e. The molecule has 0 radical (unpaired) electrons. The van der Waals surface area contributed by atoms with Gasteiger partial charge in [0.2, 0.25) is 0 Å². The largest absolute Gasteiger partial charge is 0.476 e. The Bertz CT molecular complexity index is 485. The van der Waals surface area contributed by atoms with Crippen LogP contribution >= 0.6 is 11.3 Å². The van der Waals surface area contributed by atoms with E-state index < -0.39 is 5.97 Å². The molecule has 0 spiro atoms. The van der Waals surface area contributed by atoms with E-state index in [2.05, 4.69) is 20.3 Å². The lowest BCUT2D eigenvalue weighted by Gasteiger charge is -2.00. The van der Waals surface area contributed by atoms with Gasteiger partial charge in [-0.25, -0.2) is 14.8 Å². The highest BCUT2D eigenvalue weighted by atomic mass is 32.1. The van der Waals surface area contributed by atoms with Gasteiger partial charge < -0.3 is 10.4 Å². The van der Waals surface area contributed by atoms with Crippen LogP contribution in [-0.2, 0) is 6.54 Å². The van der Waals surface area contributed by atoms with Gasteiger partial charge >= 0.3 is 5.97 Å². The molecule has 0 aliphatic heterocycles. The Morgan fingerprint density at radius 1 is 1.50 bits per heavy atom. The summed E-state index contributed by atoms with van der Waals surface area (Å²) >= 11 is 1.29. The molecule has 0 aromatic carbocycles. The van der Waals surface area contributed by atoms with Gasteiger partial charge in [-0.15, -0.1) is 11.3 Å². The molecular weight excluding hydrogens is 228 g/mol. The number of nitrogens with zero attached hydrogens (tertiary/aromatic N) is 3. The van der Waals surface area contributed by atoms with E-state index in [4.69, 9.17) is 5.11 Å². The molecule has 2 N–H and O–H groups in total. The van der Waals surface area contributed by atoms with E-state index in [9.17, 15) is 4.79 Å². The number of anilines is 1. The van der Waals surface area contributed by atoms with Crippen molar-refractivity contribution in [1.29, 1.82) is 0 Å². The molecule has 0 bridgehead atoms. The summed E-state index contributed by atoms with van der Waals surface area (Å²) < 4.78 is 0. The van der Waals surface area contributed by atoms with E-state index in [0.717, 1.165) is 0 Å². The van der Waals surface area contributed by atoms with Crippen LogP contribution in [-0.4, -0.2) is 26.0 Å². The topological polar surface area (TPSA) is 88.0 Å². The van der Waals surface area contributed by atoms with E-state index >= 15 is 0 Å². The first kappa shape index (κ1) is 10.5. The minimum Gasteiger partial charge on any atom is -0.476 e. The highest BCUT2D eigenvalue weighted by Gasteiger charge is 2.08. The summed E-state index contributed by atoms with van der Waals surface area (Å²) in [5, 5.41) is 13.9. The van der Waals surface area contributed by atoms with Crippen LogP contribution in [0.5, 0.6) is 0 Å². The minimum absolute atomic E-state index is 0.0703. The van der Waals surface area contributed by atoms with E-state index in [1.54, 1.807) is 18.6 Å². The second-order valence-corrected chi connectivity index (χ2v) is 3.82. The normalized spacial score (nSPS) is 10.0. The maximum Gasteiger partial charge on any atom is 0.355 e. The van der Waals surface area contributed by atoms with Gasteiger partial charge in [0.1, 0.15) is 10.8 Å². The molecule has 7 heteroatoms. The lowest BCUT2D eigenvalue weighted by atomic mass is 10.5. The molecule has 2 aromatic heterocycles. The number of nitrogens with one attached hydrogen (secondary N) is 1. The number of hydrogen-bond acceptors (Lipinski definition) is 6. The van der Waals surface area contributed by atoms with Gasteiger partial charge in [-0.3, -0.25) is 4.98 Å². The molecule has 2 rings (SSSR count). The number of carboxylic acids is 1. The SMILES string of the molecule is O=C(O)c1csc(CNc2cnccn2)n1. The summed E-state index contributed by atoms with van der Waals surface area (Å²) in [5.41, 5.74) is 0.0703. The predicted octanol–water partition coefficient (Wildman–Crippen LogP) is 1.24. The average Bonchev–Trinajstić information content (AvgIpc) is 2.76. The van der Waals surface area contributed by atoms with Gasteiger partial charge in [0.15, 0.2) is 5.69 Å². The maximum atomic E-state index is 10.6. The molecule has 16 heavy (non-hydrogen) atoms. The zero-order valence-electron chi connectivity index (χ0n) is 8.12. The van der Waals surface area contributed by atoms with E-state index in [0.29, 0.717) is 17.4 Å². The quantitative estimate of drug-likeness (QED) is 0.830. The van der Waals surface area contributed by atoms with Crippen molar-refractivity contribution in [3.05, 3.63) is 34.7 Å². The van der Waals surface area contributed by atoms with Gasteiger partial charge in [0, 0.05) is 17.8 Å². The number of rotatable bonds is 4. The second kappa shape index (κ2) is 4.67. The number of hydrogen-bond donors (Lipinski definition) is 2. The zero-order valence-corrected chi connectivity index (χ0v) is 8.94. The van der Waals surface area contributed by atoms with Crippen molar-refractivity contribution >= 4 is 23.1 Å². The highest BCUT2D eigenvalue weighted by Crippen LogP contribution is 2.11. The molecule has 2 aromatic rings. The van der Waals surface area contributed by atoms with Gasteiger partial charge in [0.25, 0.3) is 0 Å². The standard InChI is InChI=1S/C9H8N4O2S/c14-9(15)6-5-16-8(13-6)4-12-7-3-10-1-2-11-7/h1-3,5H,4H2,(H,11,12)(H,14,15). The average molecular weight is 236 g/mol.